The van der Waals surface area contributed by atoms with Crippen LogP contribution in [-0.2, 0) is 15.7 Å². The molecule has 0 radical (unpaired) electrons. The van der Waals surface area contributed by atoms with Crippen LogP contribution in [0.25, 0.3) is 11.3 Å². The topological polar surface area (TPSA) is 77.9 Å². The Hall–Kier alpha value is -2.93. The van der Waals surface area contributed by atoms with Gasteiger partial charge in [0.1, 0.15) is 23.4 Å². The number of aliphatic hydroxyl groups excluding tert-OH is 1. The molecule has 0 bridgehead atoms. The van der Waals surface area contributed by atoms with E-state index in [-0.39, 0.29) is 40.6 Å². The van der Waals surface area contributed by atoms with E-state index in [9.17, 15) is 27.5 Å². The molecular weight excluding hydrogens is 645 g/mol. The lowest BCUT2D eigenvalue weighted by molar-refractivity contribution is -0.146. The summed E-state index contributed by atoms with van der Waals surface area (Å²) >= 11 is 2.00. The van der Waals surface area contributed by atoms with Crippen LogP contribution in [-0.4, -0.2) is 36.9 Å². The van der Waals surface area contributed by atoms with Gasteiger partial charge in [-0.15, -0.1) is 0 Å². The molecule has 1 N–H and O–H groups in total. The summed E-state index contributed by atoms with van der Waals surface area (Å²) in [5.74, 6) is -0.889. The van der Waals surface area contributed by atoms with Gasteiger partial charge in [-0.1, -0.05) is 19.1 Å². The van der Waals surface area contributed by atoms with Crippen LogP contribution in [0.5, 0.6) is 11.5 Å². The number of alkyl halides is 3. The van der Waals surface area contributed by atoms with Gasteiger partial charge in [0.2, 0.25) is 0 Å². The number of esters is 1. The second-order valence-corrected chi connectivity index (χ2v) is 10.8. The highest BCUT2D eigenvalue weighted by molar-refractivity contribution is 14.1. The van der Waals surface area contributed by atoms with Crippen molar-refractivity contribution in [1.29, 1.82) is 0 Å². The Bertz CT molecular complexity index is 1380. The molecule has 214 valence electrons. The minimum Gasteiger partial charge on any atom is -0.497 e. The Balaban J connectivity index is 1.72. The molecule has 2 aromatic carbocycles. The van der Waals surface area contributed by atoms with Crippen molar-refractivity contribution < 1.29 is 41.7 Å². The molecule has 1 fully saturated rings. The van der Waals surface area contributed by atoms with Crippen LogP contribution in [0.1, 0.15) is 48.6 Å². The van der Waals surface area contributed by atoms with Crippen LogP contribution < -0.4 is 9.47 Å². The molecule has 6 nitrogen and oxygen atoms in total. The molecule has 0 saturated heterocycles. The molecule has 0 spiro atoms. The smallest absolute Gasteiger partial charge is 0.433 e. The first kappa shape index (κ1) is 30.0. The van der Waals surface area contributed by atoms with Crippen LogP contribution >= 0.6 is 22.6 Å². The summed E-state index contributed by atoms with van der Waals surface area (Å²) in [4.78, 5) is 16.1. The van der Waals surface area contributed by atoms with Crippen LogP contribution in [0.15, 0.2) is 48.5 Å². The Kier molecular flexibility index (Phi) is 9.23. The van der Waals surface area contributed by atoms with Gasteiger partial charge in [0, 0.05) is 11.1 Å². The lowest BCUT2D eigenvalue weighted by atomic mass is 9.83. The first-order valence-electron chi connectivity index (χ1n) is 12.5. The fourth-order valence-electron chi connectivity index (χ4n) is 4.86. The van der Waals surface area contributed by atoms with Gasteiger partial charge in [0.05, 0.1) is 36.0 Å². The van der Waals surface area contributed by atoms with E-state index in [0.717, 1.165) is 30.5 Å². The number of carbonyl (C=O) groups excluding carboxylic acids is 1. The maximum atomic E-state index is 14.5. The SMILES string of the molecule is COC(=O)[C@@H](C)C(c1ccc(I)c(O[C@@H](CO)c2ccc(-c3cc(OC)ccc3F)nc2C(F)(F)F)c1)C1CC1. The highest BCUT2D eigenvalue weighted by atomic mass is 127. The van der Waals surface area contributed by atoms with Crippen molar-refractivity contribution in [3.8, 4) is 22.8 Å². The van der Waals surface area contributed by atoms with Gasteiger partial charge in [-0.05, 0) is 89.2 Å². The van der Waals surface area contributed by atoms with Crippen LogP contribution in [0.2, 0.25) is 0 Å². The zero-order valence-corrected chi connectivity index (χ0v) is 24.1. The highest BCUT2D eigenvalue weighted by Crippen LogP contribution is 2.48. The van der Waals surface area contributed by atoms with Crippen molar-refractivity contribution in [3.63, 3.8) is 0 Å². The monoisotopic (exact) mass is 673 g/mol. The summed E-state index contributed by atoms with van der Waals surface area (Å²) in [5, 5.41) is 10.1. The largest absolute Gasteiger partial charge is 0.497 e. The van der Waals surface area contributed by atoms with Gasteiger partial charge in [0.15, 0.2) is 5.69 Å². The van der Waals surface area contributed by atoms with Crippen LogP contribution in [0.3, 0.4) is 0 Å². The summed E-state index contributed by atoms with van der Waals surface area (Å²) in [6.45, 7) is 1.01. The number of hydrogen-bond acceptors (Lipinski definition) is 6. The van der Waals surface area contributed by atoms with Gasteiger partial charge in [-0.2, -0.15) is 13.2 Å². The Morgan fingerprint density at radius 1 is 1.12 bits per heavy atom. The third kappa shape index (κ3) is 6.51. The summed E-state index contributed by atoms with van der Waals surface area (Å²) in [6, 6.07) is 11.4. The molecule has 1 aliphatic rings. The number of hydrogen-bond donors (Lipinski definition) is 1. The highest BCUT2D eigenvalue weighted by Gasteiger charge is 2.40. The predicted octanol–water partition coefficient (Wildman–Crippen LogP) is 6.93. The minimum absolute atomic E-state index is 0.149. The number of aliphatic hydroxyl groups is 1. The van der Waals surface area contributed by atoms with Crippen molar-refractivity contribution in [2.75, 3.05) is 20.8 Å². The van der Waals surface area contributed by atoms with Gasteiger partial charge >= 0.3 is 12.1 Å². The fourth-order valence-corrected chi connectivity index (χ4v) is 5.32. The zero-order chi connectivity index (χ0) is 29.2. The summed E-state index contributed by atoms with van der Waals surface area (Å²) in [5.41, 5.74) is -1.31. The maximum absolute atomic E-state index is 14.5. The number of ether oxygens (including phenoxy) is 3. The van der Waals surface area contributed by atoms with Crippen molar-refractivity contribution in [3.05, 3.63) is 74.7 Å². The molecule has 1 unspecified atom stereocenters. The molecule has 0 aliphatic heterocycles. The average molecular weight is 673 g/mol. The van der Waals surface area contributed by atoms with E-state index in [1.807, 2.05) is 28.7 Å². The van der Waals surface area contributed by atoms with Crippen LogP contribution in [0.4, 0.5) is 17.6 Å². The van der Waals surface area contributed by atoms with Gasteiger partial charge in [0.25, 0.3) is 0 Å². The second kappa shape index (κ2) is 12.3. The van der Waals surface area contributed by atoms with Gasteiger partial charge < -0.3 is 19.3 Å². The standard InChI is InChI=1S/C29H28F4INO5/c1-15(28(37)39-3)26(16-4-5-16)17-6-10-22(34)24(12-17)40-25(14-36)19-8-11-23(35-27(19)29(31,32)33)20-13-18(38-2)7-9-21(20)30/h6-13,15-16,25-26,36H,4-5,14H2,1-3H3/t15-,25-,26?/m0/s1. The molecule has 1 aromatic heterocycles. The molecule has 3 atom stereocenters. The van der Waals surface area contributed by atoms with Crippen LogP contribution in [0, 0.1) is 21.2 Å². The predicted molar refractivity (Wildman–Crippen MR) is 147 cm³/mol. The number of nitrogens with zero attached hydrogens (tertiary/aromatic N) is 1. The number of pyridine rings is 1. The quantitative estimate of drug-likeness (QED) is 0.143. The lowest BCUT2D eigenvalue weighted by Crippen LogP contribution is -2.23. The van der Waals surface area contributed by atoms with Crippen molar-refractivity contribution in [1.82, 2.24) is 4.98 Å². The number of benzene rings is 2. The summed E-state index contributed by atoms with van der Waals surface area (Å²) in [7, 11) is 2.69. The van der Waals surface area contributed by atoms with E-state index in [4.69, 9.17) is 14.2 Å². The van der Waals surface area contributed by atoms with E-state index in [2.05, 4.69) is 4.98 Å². The maximum Gasteiger partial charge on any atom is 0.433 e. The first-order valence-corrected chi connectivity index (χ1v) is 13.6. The number of halogens is 5. The molecule has 1 saturated carbocycles. The van der Waals surface area contributed by atoms with Crippen molar-refractivity contribution >= 4 is 28.6 Å². The Morgan fingerprint density at radius 2 is 1.85 bits per heavy atom. The average Bonchev–Trinajstić information content (AvgIpc) is 3.77. The molecule has 4 rings (SSSR count). The fraction of sp³-hybridized carbons (Fsp3) is 0.379. The van der Waals surface area contributed by atoms with E-state index >= 15 is 0 Å². The molecular formula is C29H28F4INO5. The zero-order valence-electron chi connectivity index (χ0n) is 22.0. The van der Waals surface area contributed by atoms with Gasteiger partial charge in [-0.25, -0.2) is 9.37 Å². The number of methoxy groups -OCH3 is 2. The third-order valence-corrected chi connectivity index (χ3v) is 7.90. The number of carbonyl (C=O) groups is 1. The summed E-state index contributed by atoms with van der Waals surface area (Å²) < 4.78 is 73.7. The van der Waals surface area contributed by atoms with Gasteiger partial charge in [-0.3, -0.25) is 4.79 Å². The second-order valence-electron chi connectivity index (χ2n) is 9.63. The number of aromatic nitrogens is 1. The first-order chi connectivity index (χ1) is 19.0. The Morgan fingerprint density at radius 3 is 2.45 bits per heavy atom. The van der Waals surface area contributed by atoms with Crippen molar-refractivity contribution in [2.45, 2.75) is 38.0 Å². The van der Waals surface area contributed by atoms with E-state index in [1.165, 1.54) is 32.4 Å². The van der Waals surface area contributed by atoms with E-state index in [1.54, 1.807) is 19.1 Å². The lowest BCUT2D eigenvalue weighted by Gasteiger charge is -2.25. The molecule has 40 heavy (non-hydrogen) atoms. The normalized spacial score (nSPS) is 15.7. The molecule has 1 heterocycles. The molecule has 0 amide bonds. The minimum atomic E-state index is -4.92. The van der Waals surface area contributed by atoms with E-state index in [0.29, 0.717) is 3.57 Å². The number of rotatable bonds is 10. The third-order valence-electron chi connectivity index (χ3n) is 7.01. The molecule has 1 aliphatic carbocycles. The summed E-state index contributed by atoms with van der Waals surface area (Å²) in [6.07, 6.45) is -4.43. The molecule has 11 heteroatoms. The van der Waals surface area contributed by atoms with Crippen molar-refractivity contribution in [2.24, 2.45) is 11.8 Å². The van der Waals surface area contributed by atoms with E-state index < -0.39 is 41.9 Å². The Labute approximate surface area is 242 Å². The molecule has 3 aromatic rings.